The monoisotopic (exact) mass is 440 g/mol. The van der Waals surface area contributed by atoms with Gasteiger partial charge in [0.05, 0.1) is 22.8 Å². The maximum absolute atomic E-state index is 13.1. The van der Waals surface area contributed by atoms with Crippen molar-refractivity contribution < 1.29 is 9.59 Å². The van der Waals surface area contributed by atoms with Crippen LogP contribution in [0.2, 0.25) is 0 Å². The third-order valence-electron chi connectivity index (χ3n) is 5.23. The highest BCUT2D eigenvalue weighted by atomic mass is 32.2. The summed E-state index contributed by atoms with van der Waals surface area (Å²) in [5.41, 5.74) is 2.57. The average molecular weight is 441 g/mol. The van der Waals surface area contributed by atoms with Crippen molar-refractivity contribution in [2.45, 2.75) is 37.5 Å². The first kappa shape index (κ1) is 20.8. The zero-order chi connectivity index (χ0) is 21.4. The zero-order valence-corrected chi connectivity index (χ0v) is 19.1. The molecule has 6 nitrogen and oxygen atoms in total. The van der Waals surface area contributed by atoms with Gasteiger partial charge in [0.15, 0.2) is 0 Å². The summed E-state index contributed by atoms with van der Waals surface area (Å²) in [4.78, 5) is 38.9. The Labute approximate surface area is 184 Å². The summed E-state index contributed by atoms with van der Waals surface area (Å²) in [6.45, 7) is 3.89. The molecule has 0 unspecified atom stereocenters. The third-order valence-corrected chi connectivity index (χ3v) is 7.20. The maximum Gasteiger partial charge on any atom is 0.264 e. The Balaban J connectivity index is 1.52. The minimum absolute atomic E-state index is 0.0206. The summed E-state index contributed by atoms with van der Waals surface area (Å²) in [6.07, 6.45) is 4.24. The Morgan fingerprint density at radius 2 is 1.97 bits per heavy atom. The number of aryl methyl sites for hydroxylation is 2. The molecule has 0 saturated heterocycles. The quantitative estimate of drug-likeness (QED) is 0.566. The highest BCUT2D eigenvalue weighted by Crippen LogP contribution is 2.40. The number of carbonyl (C=O) groups excluding carboxylic acids is 2. The van der Waals surface area contributed by atoms with Gasteiger partial charge in [-0.2, -0.15) is 0 Å². The molecule has 2 heterocycles. The summed E-state index contributed by atoms with van der Waals surface area (Å²) in [5.74, 6) is 0.958. The predicted molar refractivity (Wildman–Crippen MR) is 123 cm³/mol. The zero-order valence-electron chi connectivity index (χ0n) is 17.5. The Hall–Kier alpha value is -2.45. The van der Waals surface area contributed by atoms with Crippen LogP contribution in [-0.4, -0.2) is 46.5 Å². The van der Waals surface area contributed by atoms with Crippen LogP contribution in [0.5, 0.6) is 0 Å². The van der Waals surface area contributed by atoms with Crippen molar-refractivity contribution in [2.24, 2.45) is 0 Å². The molecule has 0 aliphatic heterocycles. The number of hydrogen-bond acceptors (Lipinski definition) is 6. The van der Waals surface area contributed by atoms with Crippen molar-refractivity contribution in [2.75, 3.05) is 25.2 Å². The molecule has 8 heteroatoms. The standard InChI is InChI=1S/C22H24N4O2S2/c1-12-18-13(2)23-20(14-9-10-14)25-21(18)30-19(12)22(28)26(3)11-17(27)24-15-7-5-6-8-16(15)29-4/h5-8,14H,9-11H2,1-4H3,(H,24,27). The van der Waals surface area contributed by atoms with Gasteiger partial charge in [0.25, 0.3) is 5.91 Å². The largest absolute Gasteiger partial charge is 0.332 e. The lowest BCUT2D eigenvalue weighted by molar-refractivity contribution is -0.116. The molecule has 1 aliphatic rings. The van der Waals surface area contributed by atoms with E-state index in [1.54, 1.807) is 18.8 Å². The number of carbonyl (C=O) groups is 2. The lowest BCUT2D eigenvalue weighted by Crippen LogP contribution is -2.34. The van der Waals surface area contributed by atoms with Gasteiger partial charge in [0.1, 0.15) is 10.7 Å². The van der Waals surface area contributed by atoms with Crippen molar-refractivity contribution >= 4 is 50.8 Å². The van der Waals surface area contributed by atoms with E-state index in [-0.39, 0.29) is 18.4 Å². The minimum atomic E-state index is -0.224. The number of aromatic nitrogens is 2. The van der Waals surface area contributed by atoms with E-state index < -0.39 is 0 Å². The van der Waals surface area contributed by atoms with Crippen LogP contribution in [-0.2, 0) is 4.79 Å². The fourth-order valence-corrected chi connectivity index (χ4v) is 5.27. The highest BCUT2D eigenvalue weighted by molar-refractivity contribution is 7.98. The minimum Gasteiger partial charge on any atom is -0.332 e. The van der Waals surface area contributed by atoms with Crippen LogP contribution >= 0.6 is 23.1 Å². The second-order valence-electron chi connectivity index (χ2n) is 7.59. The third kappa shape index (κ3) is 4.06. The van der Waals surface area contributed by atoms with Crippen molar-refractivity contribution in [3.05, 3.63) is 46.2 Å². The molecular formula is C22H24N4O2S2. The van der Waals surface area contributed by atoms with E-state index in [4.69, 9.17) is 4.98 Å². The van der Waals surface area contributed by atoms with Gasteiger partial charge in [-0.1, -0.05) is 12.1 Å². The number of fused-ring (bicyclic) bond motifs is 1. The van der Waals surface area contributed by atoms with Gasteiger partial charge in [0.2, 0.25) is 5.91 Å². The first-order chi connectivity index (χ1) is 14.4. The van der Waals surface area contributed by atoms with Crippen LogP contribution in [0.25, 0.3) is 10.2 Å². The molecule has 30 heavy (non-hydrogen) atoms. The van der Waals surface area contributed by atoms with Crippen LogP contribution in [0, 0.1) is 13.8 Å². The fourth-order valence-electron chi connectivity index (χ4n) is 3.49. The first-order valence-electron chi connectivity index (χ1n) is 9.85. The number of benzene rings is 1. The van der Waals surface area contributed by atoms with E-state index in [2.05, 4.69) is 10.3 Å². The number of amides is 2. The van der Waals surface area contributed by atoms with E-state index >= 15 is 0 Å². The summed E-state index contributed by atoms with van der Waals surface area (Å²) in [6, 6.07) is 7.63. The number of thiophene rings is 1. The van der Waals surface area contributed by atoms with E-state index in [9.17, 15) is 9.59 Å². The summed E-state index contributed by atoms with van der Waals surface area (Å²) in [7, 11) is 1.65. The molecule has 1 N–H and O–H groups in total. The first-order valence-corrected chi connectivity index (χ1v) is 11.9. The van der Waals surface area contributed by atoms with Crippen LogP contribution in [0.1, 0.15) is 45.5 Å². The van der Waals surface area contributed by atoms with Gasteiger partial charge in [-0.15, -0.1) is 23.1 Å². The lowest BCUT2D eigenvalue weighted by Gasteiger charge is -2.17. The van der Waals surface area contributed by atoms with E-state index in [0.29, 0.717) is 10.8 Å². The second-order valence-corrected chi connectivity index (χ2v) is 9.43. The molecule has 3 aromatic rings. The van der Waals surface area contributed by atoms with Gasteiger partial charge in [-0.3, -0.25) is 9.59 Å². The van der Waals surface area contributed by atoms with Crippen LogP contribution in [0.4, 0.5) is 5.69 Å². The lowest BCUT2D eigenvalue weighted by atomic mass is 10.1. The highest BCUT2D eigenvalue weighted by Gasteiger charge is 2.29. The summed E-state index contributed by atoms with van der Waals surface area (Å²) in [5, 5.41) is 3.86. The molecule has 156 valence electrons. The molecule has 0 spiro atoms. The number of nitrogens with one attached hydrogen (secondary N) is 1. The van der Waals surface area contributed by atoms with Crippen molar-refractivity contribution in [3.63, 3.8) is 0 Å². The van der Waals surface area contributed by atoms with E-state index in [0.717, 1.165) is 50.7 Å². The Morgan fingerprint density at radius 1 is 1.23 bits per heavy atom. The SMILES string of the molecule is CSc1ccccc1NC(=O)CN(C)C(=O)c1sc2nc(C3CC3)nc(C)c2c1C. The number of nitrogens with zero attached hydrogens (tertiary/aromatic N) is 3. The topological polar surface area (TPSA) is 75.2 Å². The van der Waals surface area contributed by atoms with Crippen molar-refractivity contribution in [3.8, 4) is 0 Å². The number of anilines is 1. The molecule has 2 amide bonds. The number of rotatable bonds is 6. The molecular weight excluding hydrogens is 416 g/mol. The van der Waals surface area contributed by atoms with Crippen molar-refractivity contribution in [1.82, 2.24) is 14.9 Å². The maximum atomic E-state index is 13.1. The Bertz CT molecular complexity index is 1140. The van der Waals surface area contributed by atoms with E-state index in [1.807, 2.05) is 44.4 Å². The van der Waals surface area contributed by atoms with Gasteiger partial charge in [-0.25, -0.2) is 9.97 Å². The van der Waals surface area contributed by atoms with E-state index in [1.165, 1.54) is 16.2 Å². The molecule has 1 aliphatic carbocycles. The summed E-state index contributed by atoms with van der Waals surface area (Å²) >= 11 is 2.96. The molecule has 2 aromatic heterocycles. The molecule has 4 rings (SSSR count). The molecule has 1 fully saturated rings. The average Bonchev–Trinajstić information content (AvgIpc) is 3.51. The smallest absolute Gasteiger partial charge is 0.264 e. The fraction of sp³-hybridized carbons (Fsp3) is 0.364. The van der Waals surface area contributed by atoms with Gasteiger partial charge >= 0.3 is 0 Å². The number of para-hydroxylation sites is 1. The predicted octanol–water partition coefficient (Wildman–Crippen LogP) is 4.62. The molecule has 0 atom stereocenters. The molecule has 1 aromatic carbocycles. The molecule has 0 bridgehead atoms. The Morgan fingerprint density at radius 3 is 2.67 bits per heavy atom. The summed E-state index contributed by atoms with van der Waals surface area (Å²) < 4.78 is 0. The van der Waals surface area contributed by atoms with Crippen molar-refractivity contribution in [1.29, 1.82) is 0 Å². The number of thioether (sulfide) groups is 1. The van der Waals surface area contributed by atoms with Gasteiger partial charge in [0, 0.05) is 23.2 Å². The number of hydrogen-bond donors (Lipinski definition) is 1. The van der Waals surface area contributed by atoms with Crippen LogP contribution in [0.15, 0.2) is 29.2 Å². The number of likely N-dealkylation sites (N-methyl/N-ethyl adjacent to an activating group) is 1. The Kier molecular flexibility index (Phi) is 5.79. The van der Waals surface area contributed by atoms with Gasteiger partial charge in [-0.05, 0) is 50.6 Å². The van der Waals surface area contributed by atoms with Crippen LogP contribution in [0.3, 0.4) is 0 Å². The van der Waals surface area contributed by atoms with Crippen LogP contribution < -0.4 is 5.32 Å². The molecule has 1 saturated carbocycles. The van der Waals surface area contributed by atoms with Gasteiger partial charge < -0.3 is 10.2 Å². The second kappa shape index (κ2) is 8.35. The molecule has 0 radical (unpaired) electrons. The normalized spacial score (nSPS) is 13.5.